The monoisotopic (exact) mass is 312 g/mol. The molecule has 0 spiro atoms. The van der Waals surface area contributed by atoms with Gasteiger partial charge in [-0.3, -0.25) is 4.79 Å². The van der Waals surface area contributed by atoms with Crippen LogP contribution in [0.25, 0.3) is 0 Å². The van der Waals surface area contributed by atoms with Crippen LogP contribution in [0.3, 0.4) is 0 Å². The molecule has 2 heteroatoms. The molecule has 4 aliphatic rings. The first-order valence-electron chi connectivity index (χ1n) is 9.29. The van der Waals surface area contributed by atoms with Gasteiger partial charge in [-0.1, -0.05) is 25.3 Å². The topological polar surface area (TPSA) is 37.3 Å². The summed E-state index contributed by atoms with van der Waals surface area (Å²) in [6, 6.07) is 0. The summed E-state index contributed by atoms with van der Waals surface area (Å²) in [5, 5.41) is 10.5. The maximum Gasteiger partial charge on any atom is 0.170 e. The van der Waals surface area contributed by atoms with Crippen LogP contribution in [0.4, 0.5) is 0 Å². The van der Waals surface area contributed by atoms with Crippen LogP contribution in [-0.4, -0.2) is 17.0 Å². The molecule has 7 atom stereocenters. The van der Waals surface area contributed by atoms with E-state index in [4.69, 9.17) is 6.42 Å². The molecule has 0 aliphatic heterocycles. The quantitative estimate of drug-likeness (QED) is 0.692. The average molecular weight is 312 g/mol. The third-order valence-electron chi connectivity index (χ3n) is 8.18. The van der Waals surface area contributed by atoms with Crippen LogP contribution in [0.1, 0.15) is 58.8 Å². The zero-order chi connectivity index (χ0) is 16.4. The molecule has 0 radical (unpaired) electrons. The highest BCUT2D eigenvalue weighted by Gasteiger charge is 2.59. The molecule has 23 heavy (non-hydrogen) atoms. The number of hydrogen-bond acceptors (Lipinski definition) is 2. The van der Waals surface area contributed by atoms with Crippen molar-refractivity contribution in [1.82, 2.24) is 0 Å². The van der Waals surface area contributed by atoms with Crippen LogP contribution in [0, 0.1) is 46.8 Å². The van der Waals surface area contributed by atoms with E-state index in [0.717, 1.165) is 25.7 Å². The molecule has 2 nitrogen and oxygen atoms in total. The summed E-state index contributed by atoms with van der Waals surface area (Å²) in [5.74, 6) is 4.63. The Morgan fingerprint density at radius 1 is 1.22 bits per heavy atom. The number of carbonyl (C=O) groups is 1. The van der Waals surface area contributed by atoms with Crippen molar-refractivity contribution in [2.24, 2.45) is 34.5 Å². The van der Waals surface area contributed by atoms with E-state index in [2.05, 4.69) is 19.8 Å². The fourth-order valence-corrected chi connectivity index (χ4v) is 6.76. The standard InChI is InChI=1S/C21H28O2/c1-4-13-12-21(3)14(11-18(13)22)5-6-15-16-7-8-19(23)20(16,2)10-9-17(15)21/h1,11,13,15-17,19,23H,5-10,12H2,2-3H3/t13?,15-,16-,17-,19-,20-,21-/m0/s1. The molecule has 124 valence electrons. The third kappa shape index (κ3) is 1.96. The Labute approximate surface area is 139 Å². The Balaban J connectivity index is 1.70. The van der Waals surface area contributed by atoms with Crippen LogP contribution in [0.2, 0.25) is 0 Å². The smallest absolute Gasteiger partial charge is 0.170 e. The molecule has 0 aromatic carbocycles. The van der Waals surface area contributed by atoms with Gasteiger partial charge >= 0.3 is 0 Å². The van der Waals surface area contributed by atoms with Crippen molar-refractivity contribution in [2.45, 2.75) is 64.9 Å². The number of rotatable bonds is 0. The molecule has 0 amide bonds. The largest absolute Gasteiger partial charge is 0.393 e. The molecule has 4 rings (SSSR count). The predicted molar refractivity (Wildman–Crippen MR) is 90.4 cm³/mol. The summed E-state index contributed by atoms with van der Waals surface area (Å²) in [6.07, 6.45) is 14.9. The molecule has 4 aliphatic carbocycles. The molecular formula is C21H28O2. The minimum Gasteiger partial charge on any atom is -0.393 e. The van der Waals surface area contributed by atoms with Gasteiger partial charge in [-0.15, -0.1) is 6.42 Å². The minimum atomic E-state index is -0.232. The number of aliphatic hydroxyl groups is 1. The zero-order valence-corrected chi connectivity index (χ0v) is 14.3. The van der Waals surface area contributed by atoms with E-state index in [0.29, 0.717) is 17.8 Å². The lowest BCUT2D eigenvalue weighted by molar-refractivity contribution is -0.120. The highest BCUT2D eigenvalue weighted by Crippen LogP contribution is 2.65. The maximum absolute atomic E-state index is 12.2. The molecule has 0 aromatic heterocycles. The summed E-state index contributed by atoms with van der Waals surface area (Å²) >= 11 is 0. The molecule has 1 N–H and O–H groups in total. The lowest BCUT2D eigenvalue weighted by Crippen LogP contribution is -2.52. The lowest BCUT2D eigenvalue weighted by atomic mass is 9.46. The number of hydrogen-bond donors (Lipinski definition) is 1. The Kier molecular flexibility index (Phi) is 3.34. The van der Waals surface area contributed by atoms with Gasteiger partial charge in [0.05, 0.1) is 12.0 Å². The molecule has 0 heterocycles. The number of fused-ring (bicyclic) bond motifs is 5. The molecule has 3 saturated carbocycles. The van der Waals surface area contributed by atoms with Crippen LogP contribution >= 0.6 is 0 Å². The van der Waals surface area contributed by atoms with Crippen molar-refractivity contribution in [3.63, 3.8) is 0 Å². The van der Waals surface area contributed by atoms with Crippen molar-refractivity contribution in [3.8, 4) is 12.3 Å². The summed E-state index contributed by atoms with van der Waals surface area (Å²) in [4.78, 5) is 12.2. The van der Waals surface area contributed by atoms with Gasteiger partial charge in [0.2, 0.25) is 0 Å². The molecule has 0 bridgehead atoms. The van der Waals surface area contributed by atoms with Crippen LogP contribution in [0.5, 0.6) is 0 Å². The highest BCUT2D eigenvalue weighted by atomic mass is 16.3. The predicted octanol–water partition coefficient (Wildman–Crippen LogP) is 3.74. The first-order chi connectivity index (χ1) is 10.9. The molecule has 1 unspecified atom stereocenters. The fourth-order valence-electron chi connectivity index (χ4n) is 6.76. The van der Waals surface area contributed by atoms with E-state index in [1.165, 1.54) is 24.8 Å². The van der Waals surface area contributed by atoms with Gasteiger partial charge in [0, 0.05) is 0 Å². The van der Waals surface area contributed by atoms with Crippen LogP contribution in [-0.2, 0) is 4.79 Å². The van der Waals surface area contributed by atoms with Crippen LogP contribution in [0.15, 0.2) is 11.6 Å². The Bertz CT molecular complexity index is 612. The van der Waals surface area contributed by atoms with E-state index in [9.17, 15) is 9.90 Å². The van der Waals surface area contributed by atoms with Crippen molar-refractivity contribution in [3.05, 3.63) is 11.6 Å². The van der Waals surface area contributed by atoms with Gasteiger partial charge in [-0.2, -0.15) is 0 Å². The van der Waals surface area contributed by atoms with E-state index in [1.807, 2.05) is 6.08 Å². The lowest BCUT2D eigenvalue weighted by Gasteiger charge is -2.58. The van der Waals surface area contributed by atoms with Gasteiger partial charge in [0.1, 0.15) is 0 Å². The second-order valence-corrected chi connectivity index (χ2v) is 8.97. The van der Waals surface area contributed by atoms with Gasteiger partial charge < -0.3 is 5.11 Å². The Morgan fingerprint density at radius 2 is 2.00 bits per heavy atom. The van der Waals surface area contributed by atoms with Gasteiger partial charge in [-0.25, -0.2) is 0 Å². The SMILES string of the molecule is C#CC1C[C@@]2(C)C(=CC1=O)CC[C@H]1[C@@H]3CC[C@H](O)[C@@]3(C)CC[C@@H]12. The van der Waals surface area contributed by atoms with Gasteiger partial charge in [-0.05, 0) is 79.6 Å². The second kappa shape index (κ2) is 4.96. The van der Waals surface area contributed by atoms with E-state index in [1.54, 1.807) is 0 Å². The third-order valence-corrected chi connectivity index (χ3v) is 8.18. The van der Waals surface area contributed by atoms with Crippen molar-refractivity contribution in [1.29, 1.82) is 0 Å². The Morgan fingerprint density at radius 3 is 2.74 bits per heavy atom. The molecular weight excluding hydrogens is 284 g/mol. The fraction of sp³-hybridized carbons (Fsp3) is 0.762. The second-order valence-electron chi connectivity index (χ2n) is 8.97. The number of allylic oxidation sites excluding steroid dienone is 1. The van der Waals surface area contributed by atoms with Crippen molar-refractivity contribution in [2.75, 3.05) is 0 Å². The van der Waals surface area contributed by atoms with Crippen LogP contribution < -0.4 is 0 Å². The van der Waals surface area contributed by atoms with Crippen molar-refractivity contribution < 1.29 is 9.90 Å². The van der Waals surface area contributed by atoms with Gasteiger partial charge in [0.25, 0.3) is 0 Å². The van der Waals surface area contributed by atoms with E-state index >= 15 is 0 Å². The number of carbonyl (C=O) groups excluding carboxylic acids is 1. The van der Waals surface area contributed by atoms with E-state index < -0.39 is 0 Å². The summed E-state index contributed by atoms with van der Waals surface area (Å²) in [6.45, 7) is 4.67. The van der Waals surface area contributed by atoms with Crippen molar-refractivity contribution >= 4 is 5.78 Å². The summed E-state index contributed by atoms with van der Waals surface area (Å²) in [7, 11) is 0. The summed E-state index contributed by atoms with van der Waals surface area (Å²) < 4.78 is 0. The van der Waals surface area contributed by atoms with E-state index in [-0.39, 0.29) is 28.6 Å². The highest BCUT2D eigenvalue weighted by molar-refractivity contribution is 5.95. The van der Waals surface area contributed by atoms with Gasteiger partial charge in [0.15, 0.2) is 5.78 Å². The number of aliphatic hydroxyl groups excluding tert-OH is 1. The molecule has 0 saturated heterocycles. The summed E-state index contributed by atoms with van der Waals surface area (Å²) in [5.41, 5.74) is 1.58. The first-order valence-corrected chi connectivity index (χ1v) is 9.29. The minimum absolute atomic E-state index is 0.0999. The first kappa shape index (κ1) is 15.5. The Hall–Kier alpha value is -1.07. The average Bonchev–Trinajstić information content (AvgIpc) is 2.83. The normalized spacial score (nSPS) is 52.0. The number of ketones is 1. The molecule has 0 aromatic rings. The maximum atomic E-state index is 12.2. The zero-order valence-electron chi connectivity index (χ0n) is 14.3. The molecule has 3 fully saturated rings. The number of terminal acetylenes is 1.